The zero-order valence-electron chi connectivity index (χ0n) is 20.9. The number of carbonyl (C=O) groups is 1. The van der Waals surface area contributed by atoms with Crippen LogP contribution in [-0.4, -0.2) is 65.9 Å². The summed E-state index contributed by atoms with van der Waals surface area (Å²) in [6, 6.07) is 5.46. The number of carbonyl (C=O) groups excluding carboxylic acids is 1. The fourth-order valence-electron chi connectivity index (χ4n) is 4.29. The van der Waals surface area contributed by atoms with Gasteiger partial charge in [0.25, 0.3) is 0 Å². The maximum absolute atomic E-state index is 15.1. The number of amides is 1. The number of alkyl carbamates (subject to hydrolysis) is 1. The SMILES string of the molecule is CCCCCNC(=O)O[C@@H]1CO[C@H](c2cc(Nc3ncc(-c4ccnn4C)c4nc(C#N)cn34)n[nH]2)[C@@H]1F. The number of ether oxygens (including phenoxy) is 2. The number of halogens is 1. The highest BCUT2D eigenvalue weighted by Crippen LogP contribution is 2.34. The lowest BCUT2D eigenvalue weighted by atomic mass is 10.1. The molecule has 0 aromatic carbocycles. The minimum absolute atomic E-state index is 0.0698. The summed E-state index contributed by atoms with van der Waals surface area (Å²) in [5.41, 5.74) is 2.58. The van der Waals surface area contributed by atoms with Gasteiger partial charge < -0.3 is 20.1 Å². The van der Waals surface area contributed by atoms with Crippen molar-refractivity contribution in [2.75, 3.05) is 18.5 Å². The van der Waals surface area contributed by atoms with Crippen molar-refractivity contribution in [3.8, 4) is 17.3 Å². The second kappa shape index (κ2) is 10.9. The summed E-state index contributed by atoms with van der Waals surface area (Å²) < 4.78 is 29.2. The lowest BCUT2D eigenvalue weighted by Gasteiger charge is -2.15. The second-order valence-corrected chi connectivity index (χ2v) is 8.88. The maximum Gasteiger partial charge on any atom is 0.407 e. The van der Waals surface area contributed by atoms with Gasteiger partial charge in [-0.2, -0.15) is 15.5 Å². The molecule has 5 heterocycles. The van der Waals surface area contributed by atoms with Gasteiger partial charge in [0, 0.05) is 32.1 Å². The van der Waals surface area contributed by atoms with Crippen molar-refractivity contribution in [3.63, 3.8) is 0 Å². The molecule has 0 aliphatic carbocycles. The maximum atomic E-state index is 15.1. The molecule has 4 aromatic heterocycles. The summed E-state index contributed by atoms with van der Waals surface area (Å²) >= 11 is 0. The topological polar surface area (TPSA) is 160 Å². The third kappa shape index (κ3) is 5.00. The Morgan fingerprint density at radius 3 is 3.05 bits per heavy atom. The monoisotopic (exact) mass is 522 g/mol. The third-order valence-corrected chi connectivity index (χ3v) is 6.24. The standard InChI is InChI=1S/C24H27FN10O3/c1-3-4-5-7-27-24(36)38-18-13-37-21(20(18)25)16-9-19(33-32-16)31-23-28-11-15(17-6-8-29-34(17)2)22-30-14(10-26)12-35(22)23/h6,8-9,11-12,18,20-21H,3-5,7,13H2,1-2H3,(H,27,36)(H2,28,31,32,33)/t18-,20-,21-/m1/s1. The molecule has 1 fully saturated rings. The van der Waals surface area contributed by atoms with Gasteiger partial charge in [-0.25, -0.2) is 19.2 Å². The predicted molar refractivity (Wildman–Crippen MR) is 133 cm³/mol. The number of rotatable bonds is 9. The molecule has 1 aliphatic heterocycles. The summed E-state index contributed by atoms with van der Waals surface area (Å²) in [5.74, 6) is 0.700. The van der Waals surface area contributed by atoms with Crippen LogP contribution in [0.25, 0.3) is 16.9 Å². The Kier molecular flexibility index (Phi) is 7.18. The first-order valence-electron chi connectivity index (χ1n) is 12.3. The fourth-order valence-corrected chi connectivity index (χ4v) is 4.29. The highest BCUT2D eigenvalue weighted by atomic mass is 19.1. The first-order valence-corrected chi connectivity index (χ1v) is 12.3. The summed E-state index contributed by atoms with van der Waals surface area (Å²) in [4.78, 5) is 20.9. The molecule has 1 amide bonds. The number of imidazole rings is 1. The van der Waals surface area contributed by atoms with E-state index in [1.165, 1.54) is 0 Å². The number of aromatic nitrogens is 7. The summed E-state index contributed by atoms with van der Waals surface area (Å²) in [7, 11) is 1.80. The van der Waals surface area contributed by atoms with Gasteiger partial charge in [0.15, 0.2) is 29.4 Å². The van der Waals surface area contributed by atoms with Gasteiger partial charge in [0.2, 0.25) is 5.95 Å². The van der Waals surface area contributed by atoms with Crippen molar-refractivity contribution in [2.24, 2.45) is 7.05 Å². The Labute approximate surface area is 217 Å². The van der Waals surface area contributed by atoms with Crippen molar-refractivity contribution >= 4 is 23.5 Å². The molecule has 0 unspecified atom stereocenters. The lowest BCUT2D eigenvalue weighted by molar-refractivity contribution is 0.0628. The Balaban J connectivity index is 1.29. The van der Waals surface area contributed by atoms with E-state index in [0.717, 1.165) is 25.0 Å². The highest BCUT2D eigenvalue weighted by molar-refractivity contribution is 5.77. The lowest BCUT2D eigenvalue weighted by Crippen LogP contribution is -2.34. The van der Waals surface area contributed by atoms with Crippen LogP contribution < -0.4 is 10.6 Å². The van der Waals surface area contributed by atoms with Gasteiger partial charge in [-0.1, -0.05) is 19.8 Å². The molecule has 1 saturated heterocycles. The number of alkyl halides is 1. The van der Waals surface area contributed by atoms with Crippen molar-refractivity contribution < 1.29 is 18.7 Å². The van der Waals surface area contributed by atoms with Gasteiger partial charge in [0.1, 0.15) is 12.2 Å². The molecule has 0 saturated carbocycles. The van der Waals surface area contributed by atoms with Crippen LogP contribution in [0.1, 0.15) is 43.7 Å². The molecule has 0 bridgehead atoms. The molecule has 3 N–H and O–H groups in total. The van der Waals surface area contributed by atoms with Crippen molar-refractivity contribution in [3.05, 3.63) is 42.1 Å². The van der Waals surface area contributed by atoms with E-state index in [2.05, 4.69) is 42.8 Å². The van der Waals surface area contributed by atoms with E-state index in [0.29, 0.717) is 35.2 Å². The van der Waals surface area contributed by atoms with Crippen LogP contribution >= 0.6 is 0 Å². The third-order valence-electron chi connectivity index (χ3n) is 6.24. The van der Waals surface area contributed by atoms with E-state index in [1.807, 2.05) is 12.1 Å². The number of nitriles is 1. The van der Waals surface area contributed by atoms with Crippen molar-refractivity contribution in [2.45, 2.75) is 44.6 Å². The Hall–Kier alpha value is -4.51. The minimum atomic E-state index is -1.57. The Morgan fingerprint density at radius 2 is 2.29 bits per heavy atom. The number of unbranched alkanes of at least 4 members (excludes halogenated alkanes) is 2. The molecular formula is C24H27FN10O3. The Morgan fingerprint density at radius 1 is 1.42 bits per heavy atom. The number of aromatic amines is 1. The summed E-state index contributed by atoms with van der Waals surface area (Å²) in [6.07, 6.45) is 3.48. The molecular weight excluding hydrogens is 495 g/mol. The highest BCUT2D eigenvalue weighted by Gasteiger charge is 2.42. The van der Waals surface area contributed by atoms with E-state index in [4.69, 9.17) is 9.47 Å². The first kappa shape index (κ1) is 25.2. The average molecular weight is 523 g/mol. The summed E-state index contributed by atoms with van der Waals surface area (Å²) in [6.45, 7) is 2.48. The molecule has 38 heavy (non-hydrogen) atoms. The van der Waals surface area contributed by atoms with Gasteiger partial charge in [0.05, 0.1) is 29.8 Å². The van der Waals surface area contributed by atoms with E-state index in [9.17, 15) is 10.1 Å². The van der Waals surface area contributed by atoms with Crippen LogP contribution in [0.15, 0.2) is 30.7 Å². The number of nitrogens with one attached hydrogen (secondary N) is 3. The number of nitrogens with zero attached hydrogens (tertiary/aromatic N) is 7. The van der Waals surface area contributed by atoms with Crippen LogP contribution in [0.3, 0.4) is 0 Å². The van der Waals surface area contributed by atoms with E-state index in [-0.39, 0.29) is 12.3 Å². The molecule has 5 rings (SSSR count). The quantitative estimate of drug-likeness (QED) is 0.281. The molecule has 198 valence electrons. The number of fused-ring (bicyclic) bond motifs is 1. The number of hydrogen-bond acceptors (Lipinski definition) is 9. The summed E-state index contributed by atoms with van der Waals surface area (Å²) in [5, 5.41) is 26.3. The minimum Gasteiger partial charge on any atom is -0.441 e. The average Bonchev–Trinajstić information content (AvgIpc) is 3.70. The molecule has 0 spiro atoms. The molecule has 13 nitrogen and oxygen atoms in total. The largest absolute Gasteiger partial charge is 0.441 e. The zero-order valence-corrected chi connectivity index (χ0v) is 20.9. The fraction of sp³-hybridized carbons (Fsp3) is 0.417. The van der Waals surface area contributed by atoms with E-state index < -0.39 is 24.5 Å². The molecule has 3 atom stereocenters. The molecule has 4 aromatic rings. The van der Waals surface area contributed by atoms with Gasteiger partial charge >= 0.3 is 6.09 Å². The van der Waals surface area contributed by atoms with Crippen LogP contribution in [0.2, 0.25) is 0 Å². The first-order chi connectivity index (χ1) is 18.5. The van der Waals surface area contributed by atoms with E-state index >= 15 is 4.39 Å². The number of H-pyrrole nitrogens is 1. The van der Waals surface area contributed by atoms with Crippen LogP contribution in [-0.2, 0) is 16.5 Å². The number of anilines is 2. The van der Waals surface area contributed by atoms with Crippen LogP contribution in [0.5, 0.6) is 0 Å². The van der Waals surface area contributed by atoms with E-state index in [1.54, 1.807) is 40.8 Å². The molecule has 1 aliphatic rings. The predicted octanol–water partition coefficient (Wildman–Crippen LogP) is 3.16. The Bertz CT molecular complexity index is 1470. The second-order valence-electron chi connectivity index (χ2n) is 8.88. The normalized spacial score (nSPS) is 18.9. The zero-order chi connectivity index (χ0) is 26.6. The number of hydrogen-bond donors (Lipinski definition) is 3. The van der Waals surface area contributed by atoms with Gasteiger partial charge in [-0.3, -0.25) is 14.2 Å². The van der Waals surface area contributed by atoms with Gasteiger partial charge in [-0.15, -0.1) is 0 Å². The van der Waals surface area contributed by atoms with Crippen molar-refractivity contribution in [1.29, 1.82) is 5.26 Å². The van der Waals surface area contributed by atoms with Gasteiger partial charge in [-0.05, 0) is 12.5 Å². The molecule has 0 radical (unpaired) electrons. The van der Waals surface area contributed by atoms with Crippen LogP contribution in [0, 0.1) is 11.3 Å². The number of aryl methyl sites for hydroxylation is 1. The van der Waals surface area contributed by atoms with Crippen LogP contribution in [0.4, 0.5) is 21.0 Å². The van der Waals surface area contributed by atoms with Crippen molar-refractivity contribution in [1.82, 2.24) is 39.7 Å². The smallest absolute Gasteiger partial charge is 0.407 e. The molecule has 14 heteroatoms.